The number of carbonyl (C=O) groups excluding carboxylic acids is 1. The summed E-state index contributed by atoms with van der Waals surface area (Å²) in [6.45, 7) is 11.6. The number of nitrogens with zero attached hydrogens (tertiary/aromatic N) is 3. The molecule has 39 heavy (non-hydrogen) atoms. The topological polar surface area (TPSA) is 146 Å². The average molecular weight is 556 g/mol. The van der Waals surface area contributed by atoms with Gasteiger partial charge in [-0.05, 0) is 62.8 Å². The fourth-order valence-electron chi connectivity index (χ4n) is 4.43. The Morgan fingerprint density at radius 3 is 2.59 bits per heavy atom. The average Bonchev–Trinajstić information content (AvgIpc) is 2.86. The molecule has 0 amide bonds. The van der Waals surface area contributed by atoms with Gasteiger partial charge in [-0.3, -0.25) is 0 Å². The van der Waals surface area contributed by atoms with Crippen molar-refractivity contribution < 1.29 is 22.7 Å². The molecule has 0 radical (unpaired) electrons. The van der Waals surface area contributed by atoms with Crippen LogP contribution in [0.4, 0.5) is 11.6 Å². The highest BCUT2D eigenvalue weighted by atomic mass is 32.2. The Kier molecular flexibility index (Phi) is 7.61. The van der Waals surface area contributed by atoms with Crippen LogP contribution in [0.1, 0.15) is 76.0 Å². The minimum Gasteiger partial charge on any atom is -0.474 e. The van der Waals surface area contributed by atoms with Gasteiger partial charge in [0, 0.05) is 29.6 Å². The third kappa shape index (κ3) is 5.99. The van der Waals surface area contributed by atoms with Crippen molar-refractivity contribution in [2.24, 2.45) is 5.73 Å². The SMILES string of the molecule is CCC(C)(N)c1cnc(O[C@H](C)CCS(C)(=O)=O)c2cnc(Nc3ccc4c(n3)C(C)(C)[C@@H](C)OC4=O)cc12. The van der Waals surface area contributed by atoms with E-state index in [0.29, 0.717) is 47.0 Å². The van der Waals surface area contributed by atoms with Gasteiger partial charge in [0.1, 0.15) is 27.6 Å². The van der Waals surface area contributed by atoms with Crippen LogP contribution in [0.5, 0.6) is 5.88 Å². The van der Waals surface area contributed by atoms with E-state index in [-0.39, 0.29) is 23.9 Å². The van der Waals surface area contributed by atoms with Crippen molar-refractivity contribution in [2.45, 2.75) is 77.5 Å². The predicted octanol–water partition coefficient (Wildman–Crippen LogP) is 4.39. The third-order valence-corrected chi connectivity index (χ3v) is 8.55. The van der Waals surface area contributed by atoms with Crippen LogP contribution in [0.3, 0.4) is 0 Å². The zero-order valence-electron chi connectivity index (χ0n) is 23.5. The Morgan fingerprint density at radius 1 is 1.21 bits per heavy atom. The predicted molar refractivity (Wildman–Crippen MR) is 151 cm³/mol. The zero-order valence-corrected chi connectivity index (χ0v) is 24.3. The summed E-state index contributed by atoms with van der Waals surface area (Å²) in [6.07, 6.45) is 4.91. The zero-order chi connectivity index (χ0) is 28.8. The van der Waals surface area contributed by atoms with Gasteiger partial charge < -0.3 is 20.5 Å². The number of fused-ring (bicyclic) bond motifs is 2. The van der Waals surface area contributed by atoms with Gasteiger partial charge in [-0.1, -0.05) is 20.8 Å². The van der Waals surface area contributed by atoms with Gasteiger partial charge in [-0.2, -0.15) is 0 Å². The molecule has 210 valence electrons. The molecule has 0 aliphatic carbocycles. The van der Waals surface area contributed by atoms with E-state index < -0.39 is 20.8 Å². The lowest BCUT2D eigenvalue weighted by molar-refractivity contribution is 0.00864. The molecule has 3 aromatic rings. The highest BCUT2D eigenvalue weighted by Crippen LogP contribution is 2.37. The van der Waals surface area contributed by atoms with Gasteiger partial charge in [-0.15, -0.1) is 0 Å². The van der Waals surface area contributed by atoms with E-state index in [2.05, 4.69) is 15.3 Å². The molecular formula is C28H37N5O5S. The molecule has 3 atom stereocenters. The van der Waals surface area contributed by atoms with Crippen LogP contribution >= 0.6 is 0 Å². The summed E-state index contributed by atoms with van der Waals surface area (Å²) in [4.78, 5) is 26.3. The summed E-state index contributed by atoms with van der Waals surface area (Å²) in [5, 5.41) is 4.75. The van der Waals surface area contributed by atoms with Gasteiger partial charge in [0.25, 0.3) is 0 Å². The maximum Gasteiger partial charge on any atom is 0.340 e. The quantitative estimate of drug-likeness (QED) is 0.364. The first-order valence-corrected chi connectivity index (χ1v) is 15.1. The van der Waals surface area contributed by atoms with E-state index in [1.807, 2.05) is 47.6 Å². The van der Waals surface area contributed by atoms with Crippen LogP contribution in [0.25, 0.3) is 10.8 Å². The first-order chi connectivity index (χ1) is 18.1. The number of hydrogen-bond acceptors (Lipinski definition) is 10. The number of ether oxygens (including phenoxy) is 2. The van der Waals surface area contributed by atoms with E-state index >= 15 is 0 Å². The van der Waals surface area contributed by atoms with Crippen molar-refractivity contribution in [2.75, 3.05) is 17.3 Å². The highest BCUT2D eigenvalue weighted by molar-refractivity contribution is 7.90. The number of nitrogens with one attached hydrogen (secondary N) is 1. The van der Waals surface area contributed by atoms with Crippen LogP contribution in [0.2, 0.25) is 0 Å². The fourth-order valence-corrected chi connectivity index (χ4v) is 5.19. The number of carbonyl (C=O) groups is 1. The number of sulfone groups is 1. The molecular weight excluding hydrogens is 518 g/mol. The first kappa shape index (κ1) is 28.7. The Bertz CT molecular complexity index is 1520. The van der Waals surface area contributed by atoms with Crippen molar-refractivity contribution in [3.63, 3.8) is 0 Å². The largest absolute Gasteiger partial charge is 0.474 e. The van der Waals surface area contributed by atoms with Gasteiger partial charge in [-0.25, -0.2) is 28.2 Å². The molecule has 0 saturated carbocycles. The monoisotopic (exact) mass is 555 g/mol. The molecule has 0 spiro atoms. The summed E-state index contributed by atoms with van der Waals surface area (Å²) in [7, 11) is -3.11. The minimum absolute atomic E-state index is 0.0221. The highest BCUT2D eigenvalue weighted by Gasteiger charge is 2.41. The summed E-state index contributed by atoms with van der Waals surface area (Å²) in [5.74, 6) is 1.09. The molecule has 0 aromatic carbocycles. The molecule has 4 heterocycles. The van der Waals surface area contributed by atoms with Crippen molar-refractivity contribution in [1.82, 2.24) is 15.0 Å². The molecule has 10 nitrogen and oxygen atoms in total. The van der Waals surface area contributed by atoms with Crippen LogP contribution in [0.15, 0.2) is 30.6 Å². The summed E-state index contributed by atoms with van der Waals surface area (Å²) in [6, 6.07) is 5.32. The minimum atomic E-state index is -3.11. The van der Waals surface area contributed by atoms with Crippen LogP contribution < -0.4 is 15.8 Å². The van der Waals surface area contributed by atoms with Gasteiger partial charge in [0.05, 0.1) is 28.5 Å². The number of hydrogen-bond donors (Lipinski definition) is 2. The second-order valence-corrected chi connectivity index (χ2v) is 13.5. The lowest BCUT2D eigenvalue weighted by Gasteiger charge is -2.36. The van der Waals surface area contributed by atoms with E-state index in [1.54, 1.807) is 24.5 Å². The van der Waals surface area contributed by atoms with Crippen molar-refractivity contribution in [1.29, 1.82) is 0 Å². The molecule has 4 rings (SSSR count). The van der Waals surface area contributed by atoms with Crippen molar-refractivity contribution >= 4 is 38.2 Å². The van der Waals surface area contributed by atoms with E-state index in [1.165, 1.54) is 6.26 Å². The van der Waals surface area contributed by atoms with Crippen LogP contribution in [-0.4, -0.2) is 53.6 Å². The fraction of sp³-hybridized carbons (Fsp3) is 0.500. The molecule has 0 fully saturated rings. The Morgan fingerprint density at radius 2 is 1.92 bits per heavy atom. The summed E-state index contributed by atoms with van der Waals surface area (Å²) in [5.41, 5.74) is 7.48. The molecule has 1 aliphatic rings. The number of anilines is 2. The number of pyridine rings is 3. The van der Waals surface area contributed by atoms with Gasteiger partial charge >= 0.3 is 5.97 Å². The van der Waals surface area contributed by atoms with Crippen LogP contribution in [0, 0.1) is 0 Å². The molecule has 0 bridgehead atoms. The lowest BCUT2D eigenvalue weighted by Crippen LogP contribution is -2.42. The van der Waals surface area contributed by atoms with Crippen LogP contribution in [-0.2, 0) is 25.5 Å². The summed E-state index contributed by atoms with van der Waals surface area (Å²) < 4.78 is 34.7. The van der Waals surface area contributed by atoms with E-state index in [0.717, 1.165) is 10.9 Å². The second-order valence-electron chi connectivity index (χ2n) is 11.2. The third-order valence-electron chi connectivity index (χ3n) is 7.57. The van der Waals surface area contributed by atoms with Crippen molar-refractivity contribution in [3.8, 4) is 5.88 Å². The molecule has 11 heteroatoms. The molecule has 3 N–H and O–H groups in total. The number of rotatable bonds is 9. The Labute approximate surface area is 229 Å². The molecule has 3 aromatic heterocycles. The number of cyclic esters (lactones) is 1. The smallest absolute Gasteiger partial charge is 0.340 e. The maximum atomic E-state index is 12.4. The van der Waals surface area contributed by atoms with E-state index in [4.69, 9.17) is 20.2 Å². The number of esters is 1. The second kappa shape index (κ2) is 10.3. The number of nitrogens with two attached hydrogens (primary N) is 1. The van der Waals surface area contributed by atoms with Crippen molar-refractivity contribution in [3.05, 3.63) is 47.4 Å². The molecule has 1 aliphatic heterocycles. The number of aromatic nitrogens is 3. The Hall–Kier alpha value is -3.31. The molecule has 0 saturated heterocycles. The maximum absolute atomic E-state index is 12.4. The first-order valence-electron chi connectivity index (χ1n) is 13.0. The van der Waals surface area contributed by atoms with Gasteiger partial charge in [0.15, 0.2) is 0 Å². The van der Waals surface area contributed by atoms with Gasteiger partial charge in [0.2, 0.25) is 5.88 Å². The standard InChI is InChI=1S/C28H37N5O5S/c1-8-28(6,29)21-15-31-25(37-16(2)11-12-39(7,35)36)20-14-30-23(13-19(20)21)32-22-10-9-18-24(33-22)27(4,5)17(3)38-26(18)34/h9-10,13-17H,8,11-12,29H2,1-7H3,(H,30,32,33)/t16-,17-,28?/m1/s1. The molecule has 1 unspecified atom stereocenters. The normalized spacial score (nSPS) is 19.1. The summed E-state index contributed by atoms with van der Waals surface area (Å²) >= 11 is 0. The lowest BCUT2D eigenvalue weighted by atomic mass is 9.79. The Balaban J connectivity index is 1.72. The van der Waals surface area contributed by atoms with E-state index in [9.17, 15) is 13.2 Å².